The Kier molecular flexibility index (Phi) is 3.41. The lowest BCUT2D eigenvalue weighted by Gasteiger charge is -2.31. The first-order chi connectivity index (χ1) is 47.9. The molecule has 0 aliphatic heterocycles. The molecule has 0 saturated carbocycles. The maximum Gasteiger partial charge on any atom is 0.145 e. The van der Waals surface area contributed by atoms with E-state index in [1.54, 1.807) is 0 Å². The number of fused-ring (bicyclic) bond motifs is 6. The van der Waals surface area contributed by atoms with Gasteiger partial charge < -0.3 is 13.9 Å². The summed E-state index contributed by atoms with van der Waals surface area (Å²) < 4.78 is 379. The third-order valence-electron chi connectivity index (χ3n) is 9.60. The molecule has 0 atom stereocenters. The lowest BCUT2D eigenvalue weighted by molar-refractivity contribution is 0.670. The number of aromatic nitrogens is 1. The van der Waals surface area contributed by atoms with Crippen molar-refractivity contribution < 1.29 is 59.2 Å². The van der Waals surface area contributed by atoms with Crippen molar-refractivity contribution in [3.63, 3.8) is 0 Å². The second-order valence-electron chi connectivity index (χ2n) is 13.0. The Bertz CT molecular complexity index is 5820. The maximum atomic E-state index is 10.6. The Morgan fingerprint density at radius 2 is 0.873 bits per heavy atom. The smallest absolute Gasteiger partial charge is 0.145 e. The number of nitrogens with zero attached hydrogens (tertiary/aromatic N) is 2. The maximum absolute atomic E-state index is 10.6. The minimum Gasteiger partial charge on any atom is -0.455 e. The molecule has 0 radical (unpaired) electrons. The highest BCUT2D eigenvalue weighted by atomic mass is 16.3. The van der Waals surface area contributed by atoms with Crippen molar-refractivity contribution in [2.45, 2.75) is 0 Å². The van der Waals surface area contributed by atoms with E-state index in [2.05, 4.69) is 0 Å². The van der Waals surface area contributed by atoms with E-state index >= 15 is 0 Å². The number of rotatable bonds is 8. The van der Waals surface area contributed by atoms with Crippen molar-refractivity contribution in [3.05, 3.63) is 242 Å². The van der Waals surface area contributed by atoms with Crippen LogP contribution in [0.3, 0.4) is 0 Å². The predicted octanol–water partition coefficient (Wildman–Crippen LogP) is 16.8. The fourth-order valence-electron chi connectivity index (χ4n) is 6.98. The van der Waals surface area contributed by atoms with Gasteiger partial charge in [0, 0.05) is 38.4 Å². The molecular formula is C60H40N2O. The summed E-state index contributed by atoms with van der Waals surface area (Å²) in [6.45, 7) is 0. The van der Waals surface area contributed by atoms with E-state index in [4.69, 9.17) is 30.5 Å². The van der Waals surface area contributed by atoms with Crippen LogP contribution in [0.5, 0.6) is 0 Å². The van der Waals surface area contributed by atoms with Crippen LogP contribution in [0.1, 0.15) is 54.8 Å². The molecule has 0 spiro atoms. The van der Waals surface area contributed by atoms with Crippen molar-refractivity contribution >= 4 is 60.8 Å². The number of hydrogen-bond donors (Lipinski definition) is 0. The van der Waals surface area contributed by atoms with Gasteiger partial charge in [0.05, 0.1) is 88.5 Å². The Morgan fingerprint density at radius 3 is 1.56 bits per heavy atom. The summed E-state index contributed by atoms with van der Waals surface area (Å²) in [6.07, 6.45) is 0. The third-order valence-corrected chi connectivity index (χ3v) is 9.60. The SMILES string of the molecule is [2H]c1c([2H])c([2H])c(-c2c([2H])c([2H])c(N(c3c([2H])c([2H])c(-c4c([2H])c([2H])c([2H])c([2H])c4[2H])c([2H])c3-c3c([2H])c([2H])c([2H])c([2H])c3[2H])c3c([2H])c([2H])c4c(oc5c([2H])c([2H])c([2H])c([2H])c54)c3-c3c([2H])c([2H])c([2H])c([2H])c3-n3c4c([2H])c([2H])c([2H])c([2H])c4c4c([2H])c([2H])c([2H])c([2H])c43)c([2H])c2[2H])c([2H])c1[2H]. The second-order valence-corrected chi connectivity index (χ2v) is 13.0. The molecule has 0 unspecified atom stereocenters. The molecule has 0 N–H and O–H groups in total. The molecule has 10 aromatic carbocycles. The largest absolute Gasteiger partial charge is 0.455 e. The molecule has 12 rings (SSSR count). The fourth-order valence-corrected chi connectivity index (χ4v) is 6.98. The Morgan fingerprint density at radius 1 is 0.365 bits per heavy atom. The van der Waals surface area contributed by atoms with Crippen LogP contribution in [-0.4, -0.2) is 4.57 Å². The summed E-state index contributed by atoms with van der Waals surface area (Å²) in [7, 11) is 0. The Hall–Kier alpha value is -8.40. The third kappa shape index (κ3) is 6.21. The minimum atomic E-state index is -1.60. The average molecular weight is 845 g/mol. The van der Waals surface area contributed by atoms with E-state index in [-0.39, 0.29) is 4.90 Å². The predicted molar refractivity (Wildman–Crippen MR) is 264 cm³/mol. The molecule has 3 nitrogen and oxygen atoms in total. The van der Waals surface area contributed by atoms with Gasteiger partial charge in [-0.15, -0.1) is 0 Å². The standard InChI is InChI=1S/C60H40N2O/c1-4-18-41(19-5-1)43-32-35-46(36-33-43)61(56-38-34-45(42-20-6-2-7-21-42)40-52(56)44-22-8-3-9-23-44)57-39-37-50-49-26-13-17-31-58(49)63-60(50)59(57)51-27-12-16-30-55(51)62-53-28-14-10-24-47(53)48-25-11-15-29-54(48)62/h1-40H/i1D,2D,3D,4D,5D,6D,7D,8D,9D,10D,11D,12D,13D,14D,15D,16D,17D,18D,19D,20D,21D,22D,23D,24D,25D,26D,27D,28D,29D,30D,31D,32D,33D,34D,35D,36D,37D,38D,39D,40D. The van der Waals surface area contributed by atoms with Crippen molar-refractivity contribution in [1.82, 2.24) is 4.57 Å². The van der Waals surface area contributed by atoms with E-state index in [1.807, 2.05) is 0 Å². The van der Waals surface area contributed by atoms with Crippen LogP contribution in [0, 0.1) is 0 Å². The van der Waals surface area contributed by atoms with Crippen LogP contribution in [0.25, 0.3) is 93.9 Å². The van der Waals surface area contributed by atoms with Crippen LogP contribution < -0.4 is 4.90 Å². The van der Waals surface area contributed by atoms with Gasteiger partial charge in [-0.3, -0.25) is 0 Å². The second kappa shape index (κ2) is 15.3. The summed E-state index contributed by atoms with van der Waals surface area (Å²) >= 11 is 0. The zero-order valence-electron chi connectivity index (χ0n) is 71.3. The Labute approximate surface area is 422 Å². The van der Waals surface area contributed by atoms with E-state index in [9.17, 15) is 28.8 Å². The molecule has 296 valence electrons. The normalized spacial score (nSPS) is 20.4. The van der Waals surface area contributed by atoms with Crippen molar-refractivity contribution in [2.24, 2.45) is 0 Å². The summed E-state index contributed by atoms with van der Waals surface area (Å²) in [5.74, 6) is 0. The molecule has 3 heteroatoms. The molecule has 0 fully saturated rings. The van der Waals surface area contributed by atoms with Gasteiger partial charge in [0.15, 0.2) is 0 Å². The monoisotopic (exact) mass is 845 g/mol. The molecule has 2 heterocycles. The summed E-state index contributed by atoms with van der Waals surface area (Å²) in [5, 5.41) is -3.23. The first-order valence-corrected chi connectivity index (χ1v) is 18.2. The highest BCUT2D eigenvalue weighted by molar-refractivity contribution is 6.15. The summed E-state index contributed by atoms with van der Waals surface area (Å²) in [6, 6.07) is -49.2. The Balaban J connectivity index is 1.48. The number of furan rings is 1. The highest BCUT2D eigenvalue weighted by Crippen LogP contribution is 2.51. The van der Waals surface area contributed by atoms with Gasteiger partial charge in [-0.25, -0.2) is 0 Å². The fraction of sp³-hybridized carbons (Fsp3) is 0. The number of para-hydroxylation sites is 4. The number of anilines is 3. The first kappa shape index (κ1) is 14.1. The van der Waals surface area contributed by atoms with E-state index in [0.29, 0.717) is 4.57 Å². The number of hydrogen-bond acceptors (Lipinski definition) is 2. The van der Waals surface area contributed by atoms with Gasteiger partial charge in [0.2, 0.25) is 0 Å². The first-order valence-electron chi connectivity index (χ1n) is 38.2. The van der Waals surface area contributed by atoms with Crippen molar-refractivity contribution in [2.75, 3.05) is 4.90 Å². The van der Waals surface area contributed by atoms with Crippen LogP contribution in [-0.2, 0) is 0 Å². The molecule has 0 aliphatic rings. The van der Waals surface area contributed by atoms with Crippen molar-refractivity contribution in [1.29, 1.82) is 0 Å². The molecule has 2 aromatic heterocycles. The molecular weight excluding hydrogens is 765 g/mol. The molecule has 0 saturated heterocycles. The molecule has 0 bridgehead atoms. The molecule has 0 aliphatic carbocycles. The zero-order chi connectivity index (χ0) is 76.5. The quantitative estimate of drug-likeness (QED) is 0.152. The van der Waals surface area contributed by atoms with Crippen LogP contribution in [0.4, 0.5) is 17.1 Å². The summed E-state index contributed by atoms with van der Waals surface area (Å²) in [5.41, 5.74) is -19.3. The van der Waals surface area contributed by atoms with Gasteiger partial charge in [0.25, 0.3) is 0 Å². The zero-order valence-corrected chi connectivity index (χ0v) is 31.3. The molecule has 12 aromatic rings. The van der Waals surface area contributed by atoms with E-state index in [1.165, 1.54) is 0 Å². The van der Waals surface area contributed by atoms with Gasteiger partial charge in [0.1, 0.15) is 11.2 Å². The van der Waals surface area contributed by atoms with Crippen LogP contribution >= 0.6 is 0 Å². The van der Waals surface area contributed by atoms with E-state index in [0.717, 1.165) is 0 Å². The summed E-state index contributed by atoms with van der Waals surface area (Å²) in [4.78, 5) is 0.152. The minimum absolute atomic E-state index is 0.152. The lowest BCUT2D eigenvalue weighted by atomic mass is 9.94. The van der Waals surface area contributed by atoms with Crippen LogP contribution in [0.15, 0.2) is 246 Å². The van der Waals surface area contributed by atoms with E-state index < -0.39 is 353 Å². The molecule has 63 heavy (non-hydrogen) atoms. The highest BCUT2D eigenvalue weighted by Gasteiger charge is 2.27. The van der Waals surface area contributed by atoms with Gasteiger partial charge >= 0.3 is 0 Å². The van der Waals surface area contributed by atoms with Crippen LogP contribution in [0.2, 0.25) is 0 Å². The number of benzene rings is 10. The van der Waals surface area contributed by atoms with Crippen molar-refractivity contribution in [3.8, 4) is 50.2 Å². The average Bonchev–Trinajstić information content (AvgIpc) is 1.63. The van der Waals surface area contributed by atoms with Gasteiger partial charge in [-0.05, 0) is 88.2 Å². The van der Waals surface area contributed by atoms with Gasteiger partial charge in [-0.2, -0.15) is 0 Å². The lowest BCUT2D eigenvalue weighted by Crippen LogP contribution is -2.13. The topological polar surface area (TPSA) is 21.3 Å². The molecule has 0 amide bonds. The van der Waals surface area contributed by atoms with Gasteiger partial charge in [-0.1, -0.05) is 181 Å².